The van der Waals surface area contributed by atoms with E-state index in [0.29, 0.717) is 41.7 Å². The van der Waals surface area contributed by atoms with Gasteiger partial charge in [-0.1, -0.05) is 31.3 Å². The molecule has 0 spiro atoms. The molecule has 190 valence electrons. The van der Waals surface area contributed by atoms with Crippen LogP contribution in [0.2, 0.25) is 0 Å². The molecule has 1 saturated heterocycles. The number of carbonyl (C=O) groups is 3. The molecule has 0 saturated carbocycles. The zero-order chi connectivity index (χ0) is 25.8. The molecule has 11 heteroatoms. The minimum absolute atomic E-state index is 0.250. The van der Waals surface area contributed by atoms with Gasteiger partial charge in [0, 0.05) is 19.6 Å². The van der Waals surface area contributed by atoms with Crippen molar-refractivity contribution in [2.45, 2.75) is 33.7 Å². The molecular formula is C24H31N3O6S2. The lowest BCUT2D eigenvalue weighted by Crippen LogP contribution is -2.45. The fourth-order valence-electron chi connectivity index (χ4n) is 4.33. The molecule has 1 aliphatic heterocycles. The van der Waals surface area contributed by atoms with Crippen molar-refractivity contribution in [3.05, 3.63) is 41.2 Å². The Morgan fingerprint density at radius 3 is 2.51 bits per heavy atom. The lowest BCUT2D eigenvalue weighted by molar-refractivity contribution is -0.131. The van der Waals surface area contributed by atoms with Gasteiger partial charge < -0.3 is 14.2 Å². The van der Waals surface area contributed by atoms with Gasteiger partial charge in [-0.3, -0.25) is 9.59 Å². The van der Waals surface area contributed by atoms with Gasteiger partial charge in [0.1, 0.15) is 11.5 Å². The Balaban J connectivity index is 1.81. The molecule has 0 bridgehead atoms. The van der Waals surface area contributed by atoms with Crippen LogP contribution >= 0.6 is 11.3 Å². The van der Waals surface area contributed by atoms with Crippen molar-refractivity contribution in [1.82, 2.24) is 9.47 Å². The van der Waals surface area contributed by atoms with Crippen LogP contribution in [0.15, 0.2) is 35.8 Å². The first-order valence-electron chi connectivity index (χ1n) is 11.5. The number of hydrogen-bond donors (Lipinski definition) is 0. The van der Waals surface area contributed by atoms with Gasteiger partial charge in [-0.25, -0.2) is 13.2 Å². The van der Waals surface area contributed by atoms with E-state index in [1.54, 1.807) is 40.7 Å². The first-order valence-corrected chi connectivity index (χ1v) is 14.1. The number of esters is 1. The van der Waals surface area contributed by atoms with Crippen LogP contribution in [0.25, 0.3) is 10.2 Å². The highest BCUT2D eigenvalue weighted by Gasteiger charge is 2.29. The largest absolute Gasteiger partial charge is 0.462 e. The van der Waals surface area contributed by atoms with Gasteiger partial charge in [0.25, 0.3) is 5.91 Å². The van der Waals surface area contributed by atoms with Gasteiger partial charge in [0.2, 0.25) is 5.91 Å². The smallest absolute Gasteiger partial charge is 0.338 e. The summed E-state index contributed by atoms with van der Waals surface area (Å²) in [6, 6.07) is 4.99. The molecule has 2 aromatic rings. The summed E-state index contributed by atoms with van der Waals surface area (Å²) < 4.78 is 32.7. The van der Waals surface area contributed by atoms with Crippen molar-refractivity contribution in [2.75, 3.05) is 31.2 Å². The second-order valence-corrected chi connectivity index (χ2v) is 12.0. The number of piperidine rings is 1. The number of ether oxygens (including phenoxy) is 1. The summed E-state index contributed by atoms with van der Waals surface area (Å²) in [6.07, 6.45) is 2.62. The molecule has 1 fully saturated rings. The lowest BCUT2D eigenvalue weighted by Gasteiger charge is -2.34. The van der Waals surface area contributed by atoms with Gasteiger partial charge in [-0.05, 0) is 43.4 Å². The first-order chi connectivity index (χ1) is 16.5. The Labute approximate surface area is 209 Å². The van der Waals surface area contributed by atoms with E-state index in [2.05, 4.69) is 11.6 Å². The van der Waals surface area contributed by atoms with Gasteiger partial charge >= 0.3 is 5.97 Å². The summed E-state index contributed by atoms with van der Waals surface area (Å²) in [5, 5.41) is 0. The number of benzene rings is 1. The van der Waals surface area contributed by atoms with Crippen LogP contribution in [0, 0.1) is 11.8 Å². The second-order valence-electron chi connectivity index (χ2n) is 8.97. The van der Waals surface area contributed by atoms with Crippen molar-refractivity contribution < 1.29 is 27.5 Å². The third kappa shape index (κ3) is 6.88. The van der Waals surface area contributed by atoms with E-state index in [1.165, 1.54) is 0 Å². The molecule has 0 N–H and O–H groups in total. The van der Waals surface area contributed by atoms with Crippen LogP contribution in [0.3, 0.4) is 0 Å². The molecule has 2 amide bonds. The van der Waals surface area contributed by atoms with E-state index in [4.69, 9.17) is 4.74 Å². The SMILES string of the molecule is C=CCn1c(=NC(=O)CS(=O)(=O)CC(=O)N2CC(C)CC(C)C2)sc2cc(C(=O)OCC)ccc21. The average molecular weight is 522 g/mol. The highest BCUT2D eigenvalue weighted by Crippen LogP contribution is 2.22. The molecule has 1 aromatic heterocycles. The van der Waals surface area contributed by atoms with Crippen LogP contribution in [-0.2, 0) is 30.7 Å². The fraction of sp³-hybridized carbons (Fsp3) is 0.500. The van der Waals surface area contributed by atoms with Crippen molar-refractivity contribution in [3.8, 4) is 0 Å². The van der Waals surface area contributed by atoms with Crippen LogP contribution in [0.4, 0.5) is 0 Å². The maximum absolute atomic E-state index is 12.6. The number of thiazole rings is 1. The molecule has 35 heavy (non-hydrogen) atoms. The predicted octanol–water partition coefficient (Wildman–Crippen LogP) is 2.41. The van der Waals surface area contributed by atoms with Crippen LogP contribution < -0.4 is 4.80 Å². The van der Waals surface area contributed by atoms with Gasteiger partial charge in [0.15, 0.2) is 14.6 Å². The molecule has 9 nitrogen and oxygen atoms in total. The number of sulfone groups is 1. The predicted molar refractivity (Wildman–Crippen MR) is 135 cm³/mol. The zero-order valence-corrected chi connectivity index (χ0v) is 21.9. The quantitative estimate of drug-likeness (QED) is 0.389. The number of allylic oxidation sites excluding steroid dienone is 1. The number of nitrogens with zero attached hydrogens (tertiary/aromatic N) is 3. The maximum atomic E-state index is 12.6. The molecule has 2 unspecified atom stereocenters. The number of rotatable bonds is 8. The monoisotopic (exact) mass is 521 g/mol. The van der Waals surface area contributed by atoms with Crippen molar-refractivity contribution >= 4 is 49.2 Å². The summed E-state index contributed by atoms with van der Waals surface area (Å²) in [7, 11) is -3.98. The second kappa shape index (κ2) is 11.3. The Morgan fingerprint density at radius 2 is 1.89 bits per heavy atom. The van der Waals surface area contributed by atoms with E-state index >= 15 is 0 Å². The van der Waals surface area contributed by atoms with Crippen molar-refractivity contribution in [2.24, 2.45) is 16.8 Å². The van der Waals surface area contributed by atoms with Crippen molar-refractivity contribution in [3.63, 3.8) is 0 Å². The third-order valence-electron chi connectivity index (χ3n) is 5.63. The molecule has 2 heterocycles. The molecule has 1 aromatic carbocycles. The van der Waals surface area contributed by atoms with E-state index < -0.39 is 39.1 Å². The molecule has 0 radical (unpaired) electrons. The number of amides is 2. The minimum Gasteiger partial charge on any atom is -0.462 e. The summed E-state index contributed by atoms with van der Waals surface area (Å²) >= 11 is 1.15. The van der Waals surface area contributed by atoms with Crippen molar-refractivity contribution in [1.29, 1.82) is 0 Å². The normalized spacial score (nSPS) is 19.1. The highest BCUT2D eigenvalue weighted by molar-refractivity contribution is 7.92. The summed E-state index contributed by atoms with van der Waals surface area (Å²) in [5.74, 6) is -2.75. The van der Waals surface area contributed by atoms with E-state index in [0.717, 1.165) is 23.3 Å². The molecule has 2 atom stereocenters. The summed E-state index contributed by atoms with van der Waals surface area (Å²) in [4.78, 5) is 43.1. The topological polar surface area (TPSA) is 115 Å². The van der Waals surface area contributed by atoms with Gasteiger partial charge in [0.05, 0.1) is 22.4 Å². The Hall–Kier alpha value is -2.79. The third-order valence-corrected chi connectivity index (χ3v) is 8.05. The molecule has 0 aliphatic carbocycles. The van der Waals surface area contributed by atoms with Crippen LogP contribution in [0.5, 0.6) is 0 Å². The zero-order valence-electron chi connectivity index (χ0n) is 20.2. The molecule has 1 aliphatic rings. The van der Waals surface area contributed by atoms with E-state index in [9.17, 15) is 22.8 Å². The van der Waals surface area contributed by atoms with Gasteiger partial charge in [-0.2, -0.15) is 4.99 Å². The number of carbonyl (C=O) groups excluding carboxylic acids is 3. The highest BCUT2D eigenvalue weighted by atomic mass is 32.2. The molecular weight excluding hydrogens is 490 g/mol. The van der Waals surface area contributed by atoms with Gasteiger partial charge in [-0.15, -0.1) is 6.58 Å². The number of fused-ring (bicyclic) bond motifs is 1. The first kappa shape index (κ1) is 26.8. The number of hydrogen-bond acceptors (Lipinski definition) is 7. The summed E-state index contributed by atoms with van der Waals surface area (Å²) in [5.41, 5.74) is 1.09. The standard InChI is InChI=1S/C24H31N3O6S2/c1-5-9-27-19-8-7-18(23(30)33-6-2)11-20(19)34-24(27)25-21(28)14-35(31,32)15-22(29)26-12-16(3)10-17(4)13-26/h5,7-8,11,16-17H,1,6,9-10,12-15H2,2-4H3. The Kier molecular flexibility index (Phi) is 8.65. The Morgan fingerprint density at radius 1 is 1.20 bits per heavy atom. The van der Waals surface area contributed by atoms with E-state index in [-0.39, 0.29) is 11.4 Å². The van der Waals surface area contributed by atoms with Crippen LogP contribution in [-0.4, -0.2) is 66.9 Å². The summed E-state index contributed by atoms with van der Waals surface area (Å²) in [6.45, 7) is 11.1. The van der Waals surface area contributed by atoms with E-state index in [1.807, 2.05) is 13.8 Å². The van der Waals surface area contributed by atoms with Crippen LogP contribution in [0.1, 0.15) is 37.6 Å². The molecule has 3 rings (SSSR count). The minimum atomic E-state index is -3.98. The maximum Gasteiger partial charge on any atom is 0.338 e. The lowest BCUT2D eigenvalue weighted by atomic mass is 9.92. The number of likely N-dealkylation sites (tertiary alicyclic amines) is 1. The fourth-order valence-corrected chi connectivity index (χ4v) is 6.53. The Bertz CT molecular complexity index is 1300. The average Bonchev–Trinajstić information content (AvgIpc) is 3.08. The number of aromatic nitrogens is 1.